The highest BCUT2D eigenvalue weighted by Gasteiger charge is 2.37. The first-order valence-electron chi connectivity index (χ1n) is 13.4. The van der Waals surface area contributed by atoms with Gasteiger partial charge in [-0.2, -0.15) is 5.26 Å². The molecule has 1 amide bonds. The van der Waals surface area contributed by atoms with Crippen LogP contribution in [0.5, 0.6) is 5.75 Å². The third kappa shape index (κ3) is 5.07. The number of nitro benzene ring substituents is 1. The van der Waals surface area contributed by atoms with Crippen LogP contribution < -0.4 is 20.6 Å². The molecule has 0 radical (unpaired) electrons. The highest BCUT2D eigenvalue weighted by atomic mass is 16.6. The summed E-state index contributed by atoms with van der Waals surface area (Å²) < 4.78 is 11.7. The summed E-state index contributed by atoms with van der Waals surface area (Å²) in [5.74, 6) is -1.28. The average molecular weight is 564 g/mol. The van der Waals surface area contributed by atoms with E-state index in [-0.39, 0.29) is 46.5 Å². The second kappa shape index (κ2) is 11.2. The van der Waals surface area contributed by atoms with Gasteiger partial charge in [0.15, 0.2) is 5.75 Å². The smallest absolute Gasteiger partial charge is 0.344 e. The molecule has 1 unspecified atom stereocenters. The Morgan fingerprint density at radius 1 is 1.00 bits per heavy atom. The molecular formula is C31H25N5O6. The summed E-state index contributed by atoms with van der Waals surface area (Å²) in [5.41, 5.74) is 1.07. The molecule has 6 rings (SSSR count). The molecule has 2 aliphatic rings. The standard InChI is InChI=1S/C31H25N5O6/c32-18-24-27(20-10-12-22(13-11-20)36(39)40)28-29(23-8-4-5-9-25(23)41-31(28)38)42-30(24)33-26(37)19-34-14-16-35(17-15-34)21-6-2-1-3-7-21/h1-13,27H,14-17,19H2,(H,33,37). The summed E-state index contributed by atoms with van der Waals surface area (Å²) in [6.45, 7) is 2.95. The number of hydrogen-bond acceptors (Lipinski definition) is 9. The molecule has 42 heavy (non-hydrogen) atoms. The van der Waals surface area contributed by atoms with Gasteiger partial charge in [0.25, 0.3) is 5.69 Å². The van der Waals surface area contributed by atoms with E-state index < -0.39 is 16.5 Å². The normalized spacial score (nSPS) is 16.8. The monoisotopic (exact) mass is 563 g/mol. The number of nitro groups is 1. The number of ether oxygens (including phenoxy) is 1. The number of para-hydroxylation sites is 2. The molecule has 3 heterocycles. The van der Waals surface area contributed by atoms with Crippen molar-refractivity contribution in [2.45, 2.75) is 5.92 Å². The Morgan fingerprint density at radius 3 is 2.38 bits per heavy atom. The SMILES string of the molecule is N#CC1=C(NC(=O)CN2CCN(c3ccccc3)CC2)Oc2c(c(=O)oc3ccccc23)C1c1ccc([N+](=O)[O-])cc1. The van der Waals surface area contributed by atoms with Crippen molar-refractivity contribution in [3.63, 3.8) is 0 Å². The van der Waals surface area contributed by atoms with Crippen molar-refractivity contribution in [3.8, 4) is 11.8 Å². The molecular weight excluding hydrogens is 538 g/mol. The summed E-state index contributed by atoms with van der Waals surface area (Å²) in [4.78, 5) is 41.5. The quantitative estimate of drug-likeness (QED) is 0.210. The number of rotatable bonds is 6. The fraction of sp³-hybridized carbons (Fsp3) is 0.194. The largest absolute Gasteiger partial charge is 0.438 e. The van der Waals surface area contributed by atoms with Gasteiger partial charge >= 0.3 is 5.63 Å². The number of nitrogens with one attached hydrogen (secondary N) is 1. The van der Waals surface area contributed by atoms with Crippen molar-refractivity contribution in [3.05, 3.63) is 122 Å². The van der Waals surface area contributed by atoms with Crippen LogP contribution in [0.1, 0.15) is 17.0 Å². The first-order chi connectivity index (χ1) is 20.4. The van der Waals surface area contributed by atoms with E-state index in [4.69, 9.17) is 9.15 Å². The molecule has 11 nitrogen and oxygen atoms in total. The lowest BCUT2D eigenvalue weighted by molar-refractivity contribution is -0.384. The fourth-order valence-electron chi connectivity index (χ4n) is 5.43. The van der Waals surface area contributed by atoms with Crippen LogP contribution in [0.2, 0.25) is 0 Å². The van der Waals surface area contributed by atoms with Gasteiger partial charge in [-0.15, -0.1) is 0 Å². The second-order valence-corrected chi connectivity index (χ2v) is 10.0. The number of fused-ring (bicyclic) bond motifs is 3. The molecule has 1 atom stereocenters. The van der Waals surface area contributed by atoms with Crippen LogP contribution in [0.4, 0.5) is 11.4 Å². The van der Waals surface area contributed by atoms with E-state index >= 15 is 0 Å². The highest BCUT2D eigenvalue weighted by Crippen LogP contribution is 2.44. The van der Waals surface area contributed by atoms with E-state index in [1.165, 1.54) is 24.3 Å². The second-order valence-electron chi connectivity index (χ2n) is 10.0. The van der Waals surface area contributed by atoms with Gasteiger partial charge in [-0.05, 0) is 29.8 Å². The third-order valence-corrected chi connectivity index (χ3v) is 7.50. The number of allylic oxidation sites excluding steroid dienone is 1. The van der Waals surface area contributed by atoms with E-state index in [2.05, 4.69) is 28.4 Å². The topological polar surface area (TPSA) is 142 Å². The Bertz CT molecular complexity index is 1800. The number of benzene rings is 3. The van der Waals surface area contributed by atoms with Crippen LogP contribution in [-0.2, 0) is 4.79 Å². The predicted octanol–water partition coefficient (Wildman–Crippen LogP) is 3.90. The number of non-ortho nitro benzene ring substituents is 1. The van der Waals surface area contributed by atoms with E-state index in [1.807, 2.05) is 23.1 Å². The van der Waals surface area contributed by atoms with Crippen LogP contribution in [0, 0.1) is 21.4 Å². The molecule has 0 aliphatic carbocycles. The van der Waals surface area contributed by atoms with Crippen molar-refractivity contribution in [2.24, 2.45) is 0 Å². The number of amides is 1. The first kappa shape index (κ1) is 26.7. The Morgan fingerprint density at radius 2 is 1.69 bits per heavy atom. The van der Waals surface area contributed by atoms with Gasteiger partial charge < -0.3 is 14.1 Å². The van der Waals surface area contributed by atoms with E-state index in [0.29, 0.717) is 24.0 Å². The van der Waals surface area contributed by atoms with Crippen LogP contribution in [0.15, 0.2) is 99.5 Å². The van der Waals surface area contributed by atoms with E-state index in [0.717, 1.165) is 18.8 Å². The maximum atomic E-state index is 13.3. The molecule has 210 valence electrons. The molecule has 0 saturated carbocycles. The van der Waals surface area contributed by atoms with Gasteiger partial charge in [0.1, 0.15) is 17.2 Å². The van der Waals surface area contributed by atoms with Gasteiger partial charge in [0.05, 0.1) is 28.3 Å². The number of anilines is 1. The molecule has 2 aliphatic heterocycles. The summed E-state index contributed by atoms with van der Waals surface area (Å²) >= 11 is 0. The molecule has 0 bridgehead atoms. The van der Waals surface area contributed by atoms with Crippen LogP contribution in [0.25, 0.3) is 11.0 Å². The van der Waals surface area contributed by atoms with Crippen LogP contribution >= 0.6 is 0 Å². The molecule has 1 aromatic heterocycles. The number of piperazine rings is 1. The predicted molar refractivity (Wildman–Crippen MR) is 154 cm³/mol. The summed E-state index contributed by atoms with van der Waals surface area (Å²) in [7, 11) is 0. The molecule has 4 aromatic rings. The number of carbonyl (C=O) groups is 1. The van der Waals surface area contributed by atoms with Crippen molar-refractivity contribution in [2.75, 3.05) is 37.6 Å². The number of nitriles is 1. The summed E-state index contributed by atoms with van der Waals surface area (Å²) in [6.07, 6.45) is 0. The lowest BCUT2D eigenvalue weighted by Crippen LogP contribution is -2.49. The Balaban J connectivity index is 1.30. The zero-order valence-corrected chi connectivity index (χ0v) is 22.4. The van der Waals surface area contributed by atoms with E-state index in [9.17, 15) is 25.0 Å². The lowest BCUT2D eigenvalue weighted by atomic mass is 9.83. The summed E-state index contributed by atoms with van der Waals surface area (Å²) in [6, 6.07) is 24.5. The first-order valence-corrected chi connectivity index (χ1v) is 13.4. The van der Waals surface area contributed by atoms with Gasteiger partial charge in [-0.1, -0.05) is 42.5 Å². The summed E-state index contributed by atoms with van der Waals surface area (Å²) in [5, 5.41) is 24.7. The average Bonchev–Trinajstić information content (AvgIpc) is 3.01. The Kier molecular flexibility index (Phi) is 7.12. The minimum atomic E-state index is -0.981. The minimum absolute atomic E-state index is 0.0128. The van der Waals surface area contributed by atoms with Gasteiger partial charge in [-0.25, -0.2) is 4.79 Å². The number of nitrogens with zero attached hydrogens (tertiary/aromatic N) is 4. The highest BCUT2D eigenvalue weighted by molar-refractivity contribution is 5.87. The fourth-order valence-corrected chi connectivity index (χ4v) is 5.43. The van der Waals surface area contributed by atoms with Crippen molar-refractivity contribution >= 4 is 28.3 Å². The molecule has 0 spiro atoms. The lowest BCUT2D eigenvalue weighted by Gasteiger charge is -2.35. The zero-order valence-electron chi connectivity index (χ0n) is 22.4. The zero-order chi connectivity index (χ0) is 29.2. The van der Waals surface area contributed by atoms with Crippen LogP contribution in [-0.4, -0.2) is 48.5 Å². The maximum Gasteiger partial charge on any atom is 0.344 e. The minimum Gasteiger partial charge on any atom is -0.438 e. The maximum absolute atomic E-state index is 13.3. The van der Waals surface area contributed by atoms with Crippen molar-refractivity contribution < 1.29 is 18.9 Å². The third-order valence-electron chi connectivity index (χ3n) is 7.50. The van der Waals surface area contributed by atoms with Crippen molar-refractivity contribution in [1.29, 1.82) is 5.26 Å². The molecule has 1 saturated heterocycles. The molecule has 1 fully saturated rings. The van der Waals surface area contributed by atoms with Gasteiger partial charge in [0, 0.05) is 44.0 Å². The van der Waals surface area contributed by atoms with Gasteiger partial charge in [0.2, 0.25) is 11.8 Å². The molecule has 3 aromatic carbocycles. The Labute approximate surface area is 240 Å². The van der Waals surface area contributed by atoms with Crippen molar-refractivity contribution in [1.82, 2.24) is 10.2 Å². The van der Waals surface area contributed by atoms with E-state index in [1.54, 1.807) is 24.3 Å². The number of hydrogen-bond donors (Lipinski definition) is 1. The van der Waals surface area contributed by atoms with Crippen LogP contribution in [0.3, 0.4) is 0 Å². The number of carbonyl (C=O) groups excluding carboxylic acids is 1. The molecule has 1 N–H and O–H groups in total. The Hall–Kier alpha value is -5.47. The molecule has 11 heteroatoms. The van der Waals surface area contributed by atoms with Gasteiger partial charge in [-0.3, -0.25) is 25.1 Å².